The molecule has 1 unspecified atom stereocenters. The number of benzene rings is 1. The number of hydrogen-bond donors (Lipinski definition) is 3. The van der Waals surface area contributed by atoms with E-state index in [4.69, 9.17) is 5.73 Å². The predicted molar refractivity (Wildman–Crippen MR) is 80.3 cm³/mol. The number of piperidine rings is 1. The van der Waals surface area contributed by atoms with Crippen LogP contribution in [0.1, 0.15) is 19.8 Å². The summed E-state index contributed by atoms with van der Waals surface area (Å²) < 4.78 is 13.0. The molecule has 6 heteroatoms. The summed E-state index contributed by atoms with van der Waals surface area (Å²) in [6, 6.07) is 4.13. The maximum absolute atomic E-state index is 13.0. The third kappa shape index (κ3) is 4.41. The van der Waals surface area contributed by atoms with E-state index in [2.05, 4.69) is 10.2 Å². The highest BCUT2D eigenvalue weighted by molar-refractivity contribution is 5.92. The highest BCUT2D eigenvalue weighted by Gasteiger charge is 2.23. The second kappa shape index (κ2) is 6.87. The summed E-state index contributed by atoms with van der Waals surface area (Å²) in [6.07, 6.45) is 1.51. The molecule has 116 valence electrons. The van der Waals surface area contributed by atoms with Crippen molar-refractivity contribution in [1.82, 2.24) is 4.90 Å². The lowest BCUT2D eigenvalue weighted by Crippen LogP contribution is -2.41. The van der Waals surface area contributed by atoms with E-state index in [1.807, 2.05) is 6.92 Å². The van der Waals surface area contributed by atoms with Crippen molar-refractivity contribution in [2.24, 2.45) is 5.92 Å². The number of amides is 1. The number of anilines is 2. The molecule has 0 bridgehead atoms. The van der Waals surface area contributed by atoms with Crippen molar-refractivity contribution in [3.8, 4) is 0 Å². The molecule has 1 aromatic rings. The van der Waals surface area contributed by atoms with E-state index in [-0.39, 0.29) is 17.7 Å². The van der Waals surface area contributed by atoms with Crippen LogP contribution in [-0.2, 0) is 4.79 Å². The Kier molecular flexibility index (Phi) is 5.14. The third-order valence-corrected chi connectivity index (χ3v) is 3.96. The molecule has 1 saturated heterocycles. The van der Waals surface area contributed by atoms with Crippen LogP contribution in [0.25, 0.3) is 0 Å². The Balaban J connectivity index is 1.81. The molecule has 1 atom stereocenters. The standard InChI is InChI=1S/C15H22FN3O2/c1-10(20)11-4-6-19(7-5-11)9-15(21)18-12-2-3-13(16)14(17)8-12/h2-3,8,10-11,20H,4-7,9,17H2,1H3,(H,18,21). The smallest absolute Gasteiger partial charge is 0.238 e. The molecule has 1 amide bonds. The number of carbonyl (C=O) groups excluding carboxylic acids is 1. The van der Waals surface area contributed by atoms with Crippen molar-refractivity contribution in [2.45, 2.75) is 25.9 Å². The van der Waals surface area contributed by atoms with Gasteiger partial charge in [-0.2, -0.15) is 0 Å². The van der Waals surface area contributed by atoms with Crippen LogP contribution in [0.3, 0.4) is 0 Å². The number of nitrogens with one attached hydrogen (secondary N) is 1. The lowest BCUT2D eigenvalue weighted by molar-refractivity contribution is -0.117. The average Bonchev–Trinajstić information content (AvgIpc) is 2.43. The van der Waals surface area contributed by atoms with Crippen molar-refractivity contribution < 1.29 is 14.3 Å². The third-order valence-electron chi connectivity index (χ3n) is 3.96. The fraction of sp³-hybridized carbons (Fsp3) is 0.533. The van der Waals surface area contributed by atoms with Gasteiger partial charge in [-0.15, -0.1) is 0 Å². The minimum atomic E-state index is -0.492. The van der Waals surface area contributed by atoms with E-state index in [0.717, 1.165) is 25.9 Å². The molecule has 1 aromatic carbocycles. The van der Waals surface area contributed by atoms with Gasteiger partial charge in [0.25, 0.3) is 0 Å². The molecular formula is C15H22FN3O2. The number of nitrogens with two attached hydrogens (primary N) is 1. The summed E-state index contributed by atoms with van der Waals surface area (Å²) in [5.74, 6) is -0.314. The molecule has 0 radical (unpaired) electrons. The van der Waals surface area contributed by atoms with Gasteiger partial charge in [-0.1, -0.05) is 0 Å². The normalized spacial score (nSPS) is 18.4. The highest BCUT2D eigenvalue weighted by Crippen LogP contribution is 2.20. The van der Waals surface area contributed by atoms with E-state index < -0.39 is 5.82 Å². The van der Waals surface area contributed by atoms with Crippen LogP contribution in [0.4, 0.5) is 15.8 Å². The van der Waals surface area contributed by atoms with Crippen molar-refractivity contribution in [1.29, 1.82) is 0 Å². The monoisotopic (exact) mass is 295 g/mol. The summed E-state index contributed by atoms with van der Waals surface area (Å²) in [4.78, 5) is 14.0. The zero-order valence-electron chi connectivity index (χ0n) is 12.2. The number of likely N-dealkylation sites (tertiary alicyclic amines) is 1. The van der Waals surface area contributed by atoms with Gasteiger partial charge in [-0.3, -0.25) is 9.69 Å². The molecule has 0 spiro atoms. The first kappa shape index (κ1) is 15.7. The van der Waals surface area contributed by atoms with Crippen LogP contribution in [0, 0.1) is 11.7 Å². The molecule has 4 N–H and O–H groups in total. The summed E-state index contributed by atoms with van der Waals surface area (Å²) in [7, 11) is 0. The number of nitrogens with zero attached hydrogens (tertiary/aromatic N) is 1. The Morgan fingerprint density at radius 2 is 2.19 bits per heavy atom. The summed E-state index contributed by atoms with van der Waals surface area (Å²) in [5.41, 5.74) is 5.98. The molecule has 0 saturated carbocycles. The van der Waals surface area contributed by atoms with E-state index in [1.54, 1.807) is 0 Å². The second-order valence-corrected chi connectivity index (χ2v) is 5.64. The van der Waals surface area contributed by atoms with Crippen molar-refractivity contribution in [3.63, 3.8) is 0 Å². The largest absolute Gasteiger partial charge is 0.396 e. The summed E-state index contributed by atoms with van der Waals surface area (Å²) >= 11 is 0. The maximum atomic E-state index is 13.0. The Morgan fingerprint density at radius 3 is 2.76 bits per heavy atom. The molecule has 1 aliphatic heterocycles. The number of aliphatic hydroxyl groups is 1. The van der Waals surface area contributed by atoms with Gasteiger partial charge < -0.3 is 16.2 Å². The minimum absolute atomic E-state index is 0.0190. The van der Waals surface area contributed by atoms with Crippen LogP contribution in [0.2, 0.25) is 0 Å². The predicted octanol–water partition coefficient (Wildman–Crippen LogP) is 1.44. The highest BCUT2D eigenvalue weighted by atomic mass is 19.1. The van der Waals surface area contributed by atoms with Crippen LogP contribution in [0.15, 0.2) is 18.2 Å². The van der Waals surface area contributed by atoms with E-state index >= 15 is 0 Å². The van der Waals surface area contributed by atoms with Crippen LogP contribution in [-0.4, -0.2) is 41.7 Å². The minimum Gasteiger partial charge on any atom is -0.396 e. The van der Waals surface area contributed by atoms with Gasteiger partial charge >= 0.3 is 0 Å². The maximum Gasteiger partial charge on any atom is 0.238 e. The fourth-order valence-electron chi connectivity index (χ4n) is 2.62. The Bertz CT molecular complexity index is 500. The van der Waals surface area contributed by atoms with Crippen LogP contribution < -0.4 is 11.1 Å². The van der Waals surface area contributed by atoms with Crippen LogP contribution in [0.5, 0.6) is 0 Å². The van der Waals surface area contributed by atoms with E-state index in [1.165, 1.54) is 18.2 Å². The summed E-state index contributed by atoms with van der Waals surface area (Å²) in [6.45, 7) is 3.71. The number of aliphatic hydroxyl groups excluding tert-OH is 1. The zero-order chi connectivity index (χ0) is 15.4. The first-order valence-corrected chi connectivity index (χ1v) is 7.21. The molecule has 5 nitrogen and oxygen atoms in total. The first-order chi connectivity index (χ1) is 9.95. The van der Waals surface area contributed by atoms with Gasteiger partial charge in [0, 0.05) is 5.69 Å². The number of carbonyl (C=O) groups is 1. The lowest BCUT2D eigenvalue weighted by atomic mass is 9.92. The molecule has 1 fully saturated rings. The molecule has 21 heavy (non-hydrogen) atoms. The Morgan fingerprint density at radius 1 is 1.52 bits per heavy atom. The first-order valence-electron chi connectivity index (χ1n) is 7.21. The van der Waals surface area contributed by atoms with Gasteiger partial charge in [-0.05, 0) is 57.0 Å². The molecule has 1 aliphatic rings. The Labute approximate surface area is 123 Å². The van der Waals surface area contributed by atoms with Gasteiger partial charge in [0.2, 0.25) is 5.91 Å². The number of halogens is 1. The lowest BCUT2D eigenvalue weighted by Gasteiger charge is -2.32. The van der Waals surface area contributed by atoms with Crippen molar-refractivity contribution in [2.75, 3.05) is 30.7 Å². The SMILES string of the molecule is CC(O)C1CCN(CC(=O)Nc2ccc(F)c(N)c2)CC1. The molecular weight excluding hydrogens is 273 g/mol. The van der Waals surface area contributed by atoms with Gasteiger partial charge in [0.15, 0.2) is 0 Å². The van der Waals surface area contributed by atoms with Gasteiger partial charge in [-0.25, -0.2) is 4.39 Å². The number of nitrogen functional groups attached to an aromatic ring is 1. The molecule has 1 heterocycles. The zero-order valence-corrected chi connectivity index (χ0v) is 12.2. The topological polar surface area (TPSA) is 78.6 Å². The quantitative estimate of drug-likeness (QED) is 0.734. The van der Waals surface area contributed by atoms with Crippen molar-refractivity contribution in [3.05, 3.63) is 24.0 Å². The number of rotatable bonds is 4. The number of hydrogen-bond acceptors (Lipinski definition) is 4. The average molecular weight is 295 g/mol. The van der Waals surface area contributed by atoms with Crippen molar-refractivity contribution >= 4 is 17.3 Å². The van der Waals surface area contributed by atoms with Gasteiger partial charge in [0.05, 0.1) is 18.3 Å². The fourth-order valence-corrected chi connectivity index (χ4v) is 2.62. The van der Waals surface area contributed by atoms with Gasteiger partial charge in [0.1, 0.15) is 5.82 Å². The molecule has 0 aromatic heterocycles. The van der Waals surface area contributed by atoms with E-state index in [9.17, 15) is 14.3 Å². The summed E-state index contributed by atoms with van der Waals surface area (Å²) in [5, 5.41) is 12.3. The van der Waals surface area contributed by atoms with Crippen LogP contribution >= 0.6 is 0 Å². The van der Waals surface area contributed by atoms with E-state index in [0.29, 0.717) is 18.2 Å². The molecule has 2 rings (SSSR count). The second-order valence-electron chi connectivity index (χ2n) is 5.64. The Hall–Kier alpha value is -1.66. The molecule has 0 aliphatic carbocycles.